The molecule has 2 atom stereocenters. The number of fused-ring (bicyclic) bond motifs is 1. The summed E-state index contributed by atoms with van der Waals surface area (Å²) in [6, 6.07) is 3.81. The molecule has 0 aromatic heterocycles. The summed E-state index contributed by atoms with van der Waals surface area (Å²) >= 11 is 5.70. The van der Waals surface area contributed by atoms with Gasteiger partial charge in [-0.05, 0) is 31.9 Å². The third-order valence-corrected chi connectivity index (χ3v) is 4.33. The molecule has 0 spiro atoms. The van der Waals surface area contributed by atoms with Crippen LogP contribution in [0.2, 0.25) is 5.02 Å². The summed E-state index contributed by atoms with van der Waals surface area (Å²) < 4.78 is 13.5. The van der Waals surface area contributed by atoms with Gasteiger partial charge in [-0.1, -0.05) is 11.6 Å². The molecule has 98 valence electrons. The minimum Gasteiger partial charge on any atom is -0.397 e. The average Bonchev–Trinajstić information content (AvgIpc) is 2.90. The van der Waals surface area contributed by atoms with Crippen molar-refractivity contribution in [1.82, 2.24) is 4.90 Å². The number of hydrogen-bond donors (Lipinski definition) is 2. The minimum atomic E-state index is -0.422. The van der Waals surface area contributed by atoms with Gasteiger partial charge in [0, 0.05) is 24.7 Å². The van der Waals surface area contributed by atoms with Crippen molar-refractivity contribution in [3.05, 3.63) is 23.0 Å². The normalized spacial score (nSPS) is 27.4. The quantitative estimate of drug-likeness (QED) is 0.811. The second-order valence-corrected chi connectivity index (χ2v) is 5.55. The Balaban J connectivity index is 1.78. The Morgan fingerprint density at radius 3 is 3.00 bits per heavy atom. The highest BCUT2D eigenvalue weighted by molar-refractivity contribution is 6.31. The Morgan fingerprint density at radius 2 is 2.17 bits per heavy atom. The van der Waals surface area contributed by atoms with Crippen LogP contribution in [0.4, 0.5) is 15.8 Å². The van der Waals surface area contributed by atoms with Crippen LogP contribution in [0, 0.1) is 5.82 Å². The van der Waals surface area contributed by atoms with E-state index in [2.05, 4.69) is 10.2 Å². The zero-order valence-electron chi connectivity index (χ0n) is 10.1. The molecule has 1 aromatic rings. The molecular weight excluding hydrogens is 253 g/mol. The second kappa shape index (κ2) is 4.59. The van der Waals surface area contributed by atoms with Crippen molar-refractivity contribution in [3.63, 3.8) is 0 Å². The van der Waals surface area contributed by atoms with E-state index in [0.717, 1.165) is 13.0 Å². The number of anilines is 2. The molecule has 2 saturated heterocycles. The summed E-state index contributed by atoms with van der Waals surface area (Å²) in [5.74, 6) is -0.422. The van der Waals surface area contributed by atoms with E-state index in [1.54, 1.807) is 0 Å². The molecule has 0 radical (unpaired) electrons. The van der Waals surface area contributed by atoms with E-state index in [0.29, 0.717) is 23.5 Å². The van der Waals surface area contributed by atoms with E-state index in [-0.39, 0.29) is 5.02 Å². The first-order chi connectivity index (χ1) is 8.65. The molecule has 2 fully saturated rings. The first-order valence-electron chi connectivity index (χ1n) is 6.40. The summed E-state index contributed by atoms with van der Waals surface area (Å²) in [4.78, 5) is 2.50. The van der Waals surface area contributed by atoms with Gasteiger partial charge in [-0.25, -0.2) is 4.39 Å². The van der Waals surface area contributed by atoms with Gasteiger partial charge in [0.1, 0.15) is 5.82 Å². The fourth-order valence-electron chi connectivity index (χ4n) is 3.14. The maximum atomic E-state index is 13.5. The number of hydrogen-bond acceptors (Lipinski definition) is 3. The molecule has 0 bridgehead atoms. The van der Waals surface area contributed by atoms with E-state index in [4.69, 9.17) is 17.3 Å². The zero-order chi connectivity index (χ0) is 12.7. The molecule has 3 nitrogen and oxygen atoms in total. The van der Waals surface area contributed by atoms with Gasteiger partial charge in [0.15, 0.2) is 0 Å². The molecule has 0 aliphatic carbocycles. The Morgan fingerprint density at radius 1 is 1.33 bits per heavy atom. The number of nitrogens with zero attached hydrogens (tertiary/aromatic N) is 1. The van der Waals surface area contributed by atoms with Crippen molar-refractivity contribution in [2.45, 2.75) is 31.3 Å². The van der Waals surface area contributed by atoms with E-state index in [9.17, 15) is 4.39 Å². The molecule has 18 heavy (non-hydrogen) atoms. The van der Waals surface area contributed by atoms with E-state index < -0.39 is 5.82 Å². The third kappa shape index (κ3) is 2.04. The van der Waals surface area contributed by atoms with Gasteiger partial charge in [0.25, 0.3) is 0 Å². The third-order valence-electron chi connectivity index (χ3n) is 4.04. The molecule has 3 rings (SSSR count). The standard InChI is InChI=1S/C13H17ClFN3/c14-8-6-10(16)12(7-9(8)15)17-11-3-5-18-4-1-2-13(11)18/h6-7,11,13,17H,1-5,16H2. The number of nitrogen functional groups attached to an aromatic ring is 1. The number of halogens is 2. The lowest BCUT2D eigenvalue weighted by Crippen LogP contribution is -2.33. The largest absolute Gasteiger partial charge is 0.397 e. The number of nitrogens with one attached hydrogen (secondary N) is 1. The predicted molar refractivity (Wildman–Crippen MR) is 72.4 cm³/mol. The van der Waals surface area contributed by atoms with Crippen molar-refractivity contribution >= 4 is 23.0 Å². The Labute approximate surface area is 111 Å². The lowest BCUT2D eigenvalue weighted by molar-refractivity contribution is 0.318. The summed E-state index contributed by atoms with van der Waals surface area (Å²) in [5.41, 5.74) is 7.05. The maximum Gasteiger partial charge on any atom is 0.143 e. The molecule has 5 heteroatoms. The van der Waals surface area contributed by atoms with Gasteiger partial charge in [0.05, 0.1) is 16.4 Å². The highest BCUT2D eigenvalue weighted by Gasteiger charge is 2.37. The van der Waals surface area contributed by atoms with Gasteiger partial charge < -0.3 is 11.1 Å². The first kappa shape index (κ1) is 12.1. The highest BCUT2D eigenvalue weighted by atomic mass is 35.5. The fourth-order valence-corrected chi connectivity index (χ4v) is 3.31. The predicted octanol–water partition coefficient (Wildman–Crippen LogP) is 2.71. The Kier molecular flexibility index (Phi) is 3.08. The second-order valence-electron chi connectivity index (χ2n) is 5.14. The molecule has 2 aliphatic rings. The molecule has 3 N–H and O–H groups in total. The maximum absolute atomic E-state index is 13.5. The van der Waals surface area contributed by atoms with Crippen LogP contribution in [-0.2, 0) is 0 Å². The van der Waals surface area contributed by atoms with Crippen molar-refractivity contribution in [3.8, 4) is 0 Å². The van der Waals surface area contributed by atoms with E-state index in [1.165, 1.54) is 31.5 Å². The molecular formula is C13H17ClFN3. The lowest BCUT2D eigenvalue weighted by Gasteiger charge is -2.23. The molecule has 2 heterocycles. The molecule has 0 amide bonds. The number of benzene rings is 1. The summed E-state index contributed by atoms with van der Waals surface area (Å²) in [5, 5.41) is 3.46. The van der Waals surface area contributed by atoms with Gasteiger partial charge in [-0.15, -0.1) is 0 Å². The van der Waals surface area contributed by atoms with Crippen LogP contribution in [0.1, 0.15) is 19.3 Å². The van der Waals surface area contributed by atoms with Crippen molar-refractivity contribution < 1.29 is 4.39 Å². The molecule has 2 aliphatic heterocycles. The van der Waals surface area contributed by atoms with Crippen LogP contribution in [-0.4, -0.2) is 30.1 Å². The number of nitrogens with two attached hydrogens (primary N) is 1. The molecule has 0 saturated carbocycles. The van der Waals surface area contributed by atoms with Crippen LogP contribution in [0.25, 0.3) is 0 Å². The molecule has 2 unspecified atom stereocenters. The van der Waals surface area contributed by atoms with Crippen LogP contribution in [0.15, 0.2) is 12.1 Å². The minimum absolute atomic E-state index is 0.0759. The van der Waals surface area contributed by atoms with Gasteiger partial charge in [0.2, 0.25) is 0 Å². The number of rotatable bonds is 2. The van der Waals surface area contributed by atoms with Crippen LogP contribution < -0.4 is 11.1 Å². The van der Waals surface area contributed by atoms with Crippen molar-refractivity contribution in [2.24, 2.45) is 0 Å². The fraction of sp³-hybridized carbons (Fsp3) is 0.538. The average molecular weight is 270 g/mol. The van der Waals surface area contributed by atoms with Crippen LogP contribution >= 0.6 is 11.6 Å². The van der Waals surface area contributed by atoms with E-state index >= 15 is 0 Å². The summed E-state index contributed by atoms with van der Waals surface area (Å²) in [6.07, 6.45) is 3.56. The summed E-state index contributed by atoms with van der Waals surface area (Å²) in [7, 11) is 0. The van der Waals surface area contributed by atoms with Crippen molar-refractivity contribution in [1.29, 1.82) is 0 Å². The van der Waals surface area contributed by atoms with Crippen LogP contribution in [0.5, 0.6) is 0 Å². The zero-order valence-corrected chi connectivity index (χ0v) is 10.9. The van der Waals surface area contributed by atoms with E-state index in [1.807, 2.05) is 0 Å². The Hall–Kier alpha value is -1.00. The van der Waals surface area contributed by atoms with Gasteiger partial charge in [-0.2, -0.15) is 0 Å². The highest BCUT2D eigenvalue weighted by Crippen LogP contribution is 2.33. The lowest BCUT2D eigenvalue weighted by atomic mass is 10.1. The van der Waals surface area contributed by atoms with Gasteiger partial charge in [-0.3, -0.25) is 4.90 Å². The SMILES string of the molecule is Nc1cc(Cl)c(F)cc1NC1CCN2CCCC12. The molecule has 1 aromatic carbocycles. The monoisotopic (exact) mass is 269 g/mol. The summed E-state index contributed by atoms with van der Waals surface area (Å²) in [6.45, 7) is 2.31. The topological polar surface area (TPSA) is 41.3 Å². The van der Waals surface area contributed by atoms with Gasteiger partial charge >= 0.3 is 0 Å². The Bertz CT molecular complexity index is 466. The van der Waals surface area contributed by atoms with Crippen LogP contribution in [0.3, 0.4) is 0 Å². The smallest absolute Gasteiger partial charge is 0.143 e. The first-order valence-corrected chi connectivity index (χ1v) is 6.78. The van der Waals surface area contributed by atoms with Crippen molar-refractivity contribution in [2.75, 3.05) is 24.1 Å².